The molecule has 19 atom stereocenters. The summed E-state index contributed by atoms with van der Waals surface area (Å²) in [7, 11) is 0. The minimum absolute atomic E-state index is 0.0270. The third kappa shape index (κ3) is 12.1. The summed E-state index contributed by atoms with van der Waals surface area (Å²) in [5, 5.41) is 15.3. The van der Waals surface area contributed by atoms with E-state index in [0.29, 0.717) is 11.2 Å². The second-order valence-corrected chi connectivity index (χ2v) is 31.2. The van der Waals surface area contributed by atoms with E-state index in [4.69, 9.17) is 125 Å². The number of hydrogen-bond donors (Lipinski definition) is 10. The van der Waals surface area contributed by atoms with Gasteiger partial charge in [-0.2, -0.15) is 19.3 Å². The lowest BCUT2D eigenvalue weighted by Gasteiger charge is -2.27. The molecule has 89 heavy (non-hydrogen) atoms. The van der Waals surface area contributed by atoms with Crippen LogP contribution in [-0.2, 0) is 102 Å². The lowest BCUT2D eigenvalue weighted by atomic mass is 10.1. The van der Waals surface area contributed by atoms with Gasteiger partial charge in [0.05, 0.1) is 56.6 Å². The van der Waals surface area contributed by atoms with Crippen LogP contribution in [0.25, 0.3) is 44.7 Å². The molecule has 0 aliphatic carbocycles. The van der Waals surface area contributed by atoms with E-state index < -0.39 is 150 Å². The molecule has 6 aliphatic heterocycles. The number of nitrogens with one attached hydrogen (secondary N) is 2. The number of pyridine rings is 2. The molecule has 0 aromatic carbocycles. The zero-order valence-electron chi connectivity index (χ0n) is 44.3. The van der Waals surface area contributed by atoms with Gasteiger partial charge in [-0.1, -0.05) is 10.4 Å². The van der Waals surface area contributed by atoms with Crippen molar-refractivity contribution in [1.29, 1.82) is 0 Å². The number of nitrogens with two attached hydrogens (primary N) is 4. The van der Waals surface area contributed by atoms with E-state index in [9.17, 15) is 29.2 Å². The summed E-state index contributed by atoms with van der Waals surface area (Å²) < 4.78 is 121. The van der Waals surface area contributed by atoms with Crippen molar-refractivity contribution in [2.24, 2.45) is 0 Å². The number of rotatable bonds is 4. The van der Waals surface area contributed by atoms with Gasteiger partial charge in [-0.25, -0.2) is 33.1 Å². The van der Waals surface area contributed by atoms with Crippen molar-refractivity contribution < 1.29 is 87.9 Å². The highest BCUT2D eigenvalue weighted by Crippen LogP contribution is 2.57. The maximum Gasteiger partial charge on any atom is 0.325 e. The maximum atomic E-state index is 16.0. The van der Waals surface area contributed by atoms with Crippen molar-refractivity contribution in [3.05, 3.63) is 57.9 Å². The highest BCUT2D eigenvalue weighted by molar-refractivity contribution is 8.08. The van der Waals surface area contributed by atoms with E-state index in [-0.39, 0.29) is 69.8 Å². The van der Waals surface area contributed by atoms with Crippen molar-refractivity contribution in [3.63, 3.8) is 0 Å². The van der Waals surface area contributed by atoms with Gasteiger partial charge in [0.15, 0.2) is 77.0 Å². The number of hydrogen-bond acceptors (Lipinski definition) is 32. The topological polar surface area (TPSA) is 510 Å². The Morgan fingerprint density at radius 1 is 0.506 bits per heavy atom. The Balaban J connectivity index is 0.000000164. The average Bonchev–Trinajstić information content (AvgIpc) is 1.68. The van der Waals surface area contributed by atoms with Gasteiger partial charge in [-0.3, -0.25) is 42.3 Å². The number of aromatic amines is 2. The molecule has 0 radical (unpaired) electrons. The monoisotopic (exact) mass is 1400 g/mol. The number of alkyl halides is 3. The Bertz CT molecular complexity index is 4410. The third-order valence-electron chi connectivity index (χ3n) is 14.3. The Labute approximate surface area is 512 Å². The minimum Gasteiger partial charge on any atom is -0.397 e. The number of nitrogens with zero attached hydrogens (tertiary/aromatic N) is 14. The molecule has 14 N–H and O–H groups in total. The summed E-state index contributed by atoms with van der Waals surface area (Å²) >= 11 is 20.7. The number of anilines is 4. The van der Waals surface area contributed by atoms with E-state index in [0.717, 1.165) is 9.36 Å². The molecule has 0 amide bonds. The van der Waals surface area contributed by atoms with Gasteiger partial charge in [0.25, 0.3) is 11.1 Å². The second-order valence-electron chi connectivity index (χ2n) is 20.1. The number of fused-ring (bicyclic) bond motifs is 10. The number of aromatic nitrogens is 16. The fraction of sp³-hybridized carbons (Fsp3) is 0.500. The molecule has 0 spiro atoms. The normalized spacial score (nSPS) is 37.1. The molecule has 6 aliphatic rings. The SMILES string of the molecule is Nc1nc2c(nnn2[C@@H]2O[C@@H]3COP(O)(=S)O[C@H]4[C@H](F)[C@H](n5cnc6c(N)ccnc65)O[C@@H]4COP(O)(=S)O[C@@H]2C3)c(=O)[nH]1.Nc1nc2c(nnn2[C@@H]2O[C@@H]3COP(O)(=S)O[C@H]4[C@H](F)[C@H](n5cnc6c(N)ccnc65)O[C@@H]4COP(O)(=S)O[C@@H]2[C@H]3F)c(=O)[nH]1. The Kier molecular flexibility index (Phi) is 16.7. The molecular weight excluding hydrogens is 1360 g/mol. The molecule has 38 nitrogen and oxygen atoms in total. The van der Waals surface area contributed by atoms with Gasteiger partial charge in [0, 0.05) is 18.8 Å². The number of H-pyrrole nitrogens is 2. The zero-order chi connectivity index (χ0) is 62.8. The summed E-state index contributed by atoms with van der Waals surface area (Å²) in [4.78, 5) is 97.8. The van der Waals surface area contributed by atoms with Crippen LogP contribution >= 0.6 is 26.9 Å². The lowest BCUT2D eigenvalue weighted by Crippen LogP contribution is -2.34. The molecule has 14 heterocycles. The second kappa shape index (κ2) is 23.7. The molecular formula is C40H45F3N20O18P4S4. The van der Waals surface area contributed by atoms with Gasteiger partial charge in [-0.15, -0.1) is 10.2 Å². The lowest BCUT2D eigenvalue weighted by molar-refractivity contribution is -0.0639. The zero-order valence-corrected chi connectivity index (χ0v) is 51.1. The van der Waals surface area contributed by atoms with E-state index in [1.807, 2.05) is 0 Å². The third-order valence-corrected chi connectivity index (χ3v) is 20.6. The van der Waals surface area contributed by atoms with Gasteiger partial charge < -0.3 is 84.1 Å². The molecule has 49 heteroatoms. The van der Waals surface area contributed by atoms with Crippen LogP contribution in [0.15, 0.2) is 46.8 Å². The summed E-state index contributed by atoms with van der Waals surface area (Å²) in [6.07, 6.45) is -17.0. The molecule has 8 aromatic rings. The van der Waals surface area contributed by atoms with E-state index in [1.54, 1.807) is 6.07 Å². The molecule has 4 unspecified atom stereocenters. The van der Waals surface area contributed by atoms with E-state index in [2.05, 4.69) is 60.5 Å². The Hall–Kier alpha value is -5.25. The van der Waals surface area contributed by atoms with Crippen molar-refractivity contribution in [1.82, 2.24) is 79.0 Å². The van der Waals surface area contributed by atoms with Crippen LogP contribution in [0.3, 0.4) is 0 Å². The molecule has 478 valence electrons. The number of nitrogen functional groups attached to an aromatic ring is 4. The minimum atomic E-state index is -4.37. The summed E-state index contributed by atoms with van der Waals surface area (Å²) in [6, 6.07) is 3.06. The van der Waals surface area contributed by atoms with Crippen LogP contribution in [0.5, 0.6) is 0 Å². The maximum absolute atomic E-state index is 16.0. The number of imidazole rings is 2. The van der Waals surface area contributed by atoms with Crippen LogP contribution in [0.1, 0.15) is 31.3 Å². The molecule has 0 saturated carbocycles. The van der Waals surface area contributed by atoms with Crippen LogP contribution in [-0.4, -0.2) is 192 Å². The van der Waals surface area contributed by atoms with Crippen LogP contribution in [0.4, 0.5) is 36.4 Å². The van der Waals surface area contributed by atoms with Crippen molar-refractivity contribution in [3.8, 4) is 0 Å². The highest BCUT2D eigenvalue weighted by atomic mass is 32.5. The predicted octanol–water partition coefficient (Wildman–Crippen LogP) is -0.257. The molecule has 14 rings (SSSR count). The first-order valence-electron chi connectivity index (χ1n) is 25.7. The van der Waals surface area contributed by atoms with Gasteiger partial charge in [0.2, 0.25) is 11.9 Å². The van der Waals surface area contributed by atoms with Gasteiger partial charge in [-0.05, 0) is 59.4 Å². The van der Waals surface area contributed by atoms with Crippen molar-refractivity contribution in [2.75, 3.05) is 49.4 Å². The van der Waals surface area contributed by atoms with Crippen LogP contribution in [0.2, 0.25) is 0 Å². The van der Waals surface area contributed by atoms with Crippen LogP contribution in [0, 0.1) is 0 Å². The summed E-state index contributed by atoms with van der Waals surface area (Å²) in [6.45, 7) is -19.2. The summed E-state index contributed by atoms with van der Waals surface area (Å²) in [5.74, 6) is -0.492. The fourth-order valence-electron chi connectivity index (χ4n) is 10.4. The number of ether oxygens (including phenoxy) is 4. The van der Waals surface area contributed by atoms with E-state index in [1.165, 1.54) is 40.2 Å². The molecule has 8 aromatic heterocycles. The largest absolute Gasteiger partial charge is 0.397 e. The average molecular weight is 1400 g/mol. The standard InChI is InChI=1S/C20H22F2N10O9P2S2.C20H23FN10O9P2S2/c21-9-7-3-36-42(34,44)40-13-8(39-18(10(13)22)31-5-26-11-6(23)1-2-25-15(11)31)4-37-43(35,45)41-14(9)19(38-7)32-16-12(29-30-32)17(33)28-20(24)27-16;21-11-14-10(38-19(11)30-6-25-12-8(22)1-2-24-15(12)30)5-36-41(33,43)39-9-3-7(4-35-42(34,44)40-14)37-18(9)31-16-13(28-29-31)17(32)27-20(23)26-16/h1-2,5,7-10,13-14,18-19H,3-4H2,(H2,23,25)(H,34,44)(H,35,45)(H3,24,27,28,33);1-2,6-7,9-11,14,18-19H,3-5H2,(H2,22,24)(H,33,43)(H,34,44)(H3,23,26,27,32)/t7-,8-,9+,10+,13-,14-,18-,19-,42?,43?;7-,9+,10+,11-,14+,18+,19+,41?,42?/m10/s1. The van der Waals surface area contributed by atoms with Gasteiger partial charge in [0.1, 0.15) is 53.8 Å². The van der Waals surface area contributed by atoms with Gasteiger partial charge >= 0.3 is 26.9 Å². The first kappa shape index (κ1) is 62.6. The Morgan fingerprint density at radius 2 is 0.933 bits per heavy atom. The highest BCUT2D eigenvalue weighted by Gasteiger charge is 2.55. The van der Waals surface area contributed by atoms with Crippen molar-refractivity contribution in [2.45, 2.75) is 98.7 Å². The summed E-state index contributed by atoms with van der Waals surface area (Å²) in [5.41, 5.74) is 22.9. The number of halogens is 3. The Morgan fingerprint density at radius 3 is 1.43 bits per heavy atom. The molecule has 6 fully saturated rings. The molecule has 4 bridgehead atoms. The first-order chi connectivity index (χ1) is 42.2. The van der Waals surface area contributed by atoms with E-state index >= 15 is 13.2 Å². The predicted molar refractivity (Wildman–Crippen MR) is 309 cm³/mol. The van der Waals surface area contributed by atoms with Crippen LogP contribution < -0.4 is 34.1 Å². The fourth-order valence-corrected chi connectivity index (χ4v) is 16.1. The smallest absolute Gasteiger partial charge is 0.325 e. The van der Waals surface area contributed by atoms with Crippen molar-refractivity contribution >= 4 is 142 Å². The quantitative estimate of drug-likeness (QED) is 0.102. The molecule has 6 saturated heterocycles. The first-order valence-corrected chi connectivity index (χ1v) is 36.1.